The van der Waals surface area contributed by atoms with E-state index in [1.807, 2.05) is 25.1 Å². The molecule has 1 N–H and O–H groups in total. The molecule has 206 valence electrons. The summed E-state index contributed by atoms with van der Waals surface area (Å²) in [5, 5.41) is 11.4. The van der Waals surface area contributed by atoms with Crippen LogP contribution in [0.25, 0.3) is 10.2 Å². The molecule has 10 heteroatoms. The summed E-state index contributed by atoms with van der Waals surface area (Å²) in [5.74, 6) is -1.08. The molecule has 0 radical (unpaired) electrons. The number of carbonyl (C=O) groups is 1. The molecular formula is C29H31FN2O6S. The number of halogens is 1. The smallest absolute Gasteiger partial charge is 0.333 e. The third-order valence-electron chi connectivity index (χ3n) is 6.81. The number of aromatic nitrogens is 2. The molecule has 0 spiro atoms. The van der Waals surface area contributed by atoms with Gasteiger partial charge in [-0.1, -0.05) is 37.3 Å². The number of hydrogen-bond donors (Lipinski definition) is 1. The third-order valence-corrected chi connectivity index (χ3v) is 8.27. The normalized spacial score (nSPS) is 12.5. The van der Waals surface area contributed by atoms with Crippen molar-refractivity contribution in [3.8, 4) is 5.75 Å². The average molecular weight is 555 g/mol. The number of hydrogen-bond acceptors (Lipinski definition) is 7. The first-order chi connectivity index (χ1) is 18.5. The topological polar surface area (TPSA) is 99.8 Å². The minimum absolute atomic E-state index is 0.0240. The van der Waals surface area contributed by atoms with Crippen LogP contribution >= 0.6 is 11.3 Å². The molecule has 1 atom stereocenters. The molecular weight excluding hydrogens is 523 g/mol. The molecule has 0 saturated carbocycles. The van der Waals surface area contributed by atoms with Gasteiger partial charge in [-0.25, -0.2) is 18.5 Å². The number of aliphatic hydroxyl groups excluding tert-OH is 1. The molecule has 0 fully saturated rings. The van der Waals surface area contributed by atoms with Crippen LogP contribution in [0.1, 0.15) is 48.4 Å². The molecule has 0 amide bonds. The highest BCUT2D eigenvalue weighted by Gasteiger charge is 2.37. The van der Waals surface area contributed by atoms with Crippen LogP contribution in [0.15, 0.2) is 58.1 Å². The van der Waals surface area contributed by atoms with E-state index in [-0.39, 0.29) is 24.5 Å². The SMILES string of the molecule is CCc1sc2c(c1C)c(=O)n(C(C)(C)C(=O)OCc1ccccc1)c(=O)n2C[C@H](O)c1cc(F)ccc1OC. The Kier molecular flexibility index (Phi) is 8.08. The Morgan fingerprint density at radius 2 is 1.85 bits per heavy atom. The highest BCUT2D eigenvalue weighted by atomic mass is 32.1. The summed E-state index contributed by atoms with van der Waals surface area (Å²) in [6.45, 7) is 6.32. The maximum Gasteiger partial charge on any atom is 0.333 e. The number of carbonyl (C=O) groups excluding carboxylic acids is 1. The Labute approximate surface area is 228 Å². The van der Waals surface area contributed by atoms with Crippen LogP contribution in [0.2, 0.25) is 0 Å². The molecule has 2 aromatic carbocycles. The molecule has 2 heterocycles. The lowest BCUT2D eigenvalue weighted by Crippen LogP contribution is -2.53. The molecule has 0 unspecified atom stereocenters. The van der Waals surface area contributed by atoms with Gasteiger partial charge in [-0.2, -0.15) is 0 Å². The summed E-state index contributed by atoms with van der Waals surface area (Å²) in [6.07, 6.45) is -0.718. The number of fused-ring (bicyclic) bond motifs is 1. The van der Waals surface area contributed by atoms with Gasteiger partial charge in [0.15, 0.2) is 0 Å². The Morgan fingerprint density at radius 3 is 2.49 bits per heavy atom. The van der Waals surface area contributed by atoms with Gasteiger partial charge in [0.1, 0.15) is 34.6 Å². The van der Waals surface area contributed by atoms with E-state index < -0.39 is 34.7 Å². The van der Waals surface area contributed by atoms with Gasteiger partial charge in [-0.05, 0) is 56.5 Å². The van der Waals surface area contributed by atoms with Crippen LogP contribution in [0, 0.1) is 12.7 Å². The van der Waals surface area contributed by atoms with Gasteiger partial charge in [0.25, 0.3) is 5.56 Å². The number of methoxy groups -OCH3 is 1. The van der Waals surface area contributed by atoms with E-state index in [2.05, 4.69) is 0 Å². The number of esters is 1. The largest absolute Gasteiger partial charge is 0.496 e. The van der Waals surface area contributed by atoms with Crippen molar-refractivity contribution in [2.24, 2.45) is 0 Å². The second kappa shape index (κ2) is 11.2. The van der Waals surface area contributed by atoms with Crippen LogP contribution in [0.3, 0.4) is 0 Å². The second-order valence-electron chi connectivity index (χ2n) is 9.74. The van der Waals surface area contributed by atoms with Crippen LogP contribution in [0.5, 0.6) is 5.75 Å². The van der Waals surface area contributed by atoms with Crippen molar-refractivity contribution in [2.45, 2.75) is 58.9 Å². The van der Waals surface area contributed by atoms with E-state index in [1.165, 1.54) is 49.0 Å². The first kappa shape index (κ1) is 28.3. The van der Waals surface area contributed by atoms with Crippen LogP contribution < -0.4 is 16.0 Å². The molecule has 2 aromatic heterocycles. The minimum atomic E-state index is -1.67. The van der Waals surface area contributed by atoms with Crippen molar-refractivity contribution in [3.05, 3.63) is 96.8 Å². The van der Waals surface area contributed by atoms with E-state index in [0.717, 1.165) is 21.1 Å². The summed E-state index contributed by atoms with van der Waals surface area (Å²) in [4.78, 5) is 42.3. The number of nitrogens with zero attached hydrogens (tertiary/aromatic N) is 2. The summed E-state index contributed by atoms with van der Waals surface area (Å²) >= 11 is 1.28. The molecule has 0 aliphatic rings. The Hall–Kier alpha value is -3.76. The summed E-state index contributed by atoms with van der Waals surface area (Å²) in [7, 11) is 1.40. The third kappa shape index (κ3) is 5.26. The second-order valence-corrected chi connectivity index (χ2v) is 10.8. The number of aliphatic hydroxyl groups is 1. The Balaban J connectivity index is 1.85. The maximum atomic E-state index is 14.0. The molecule has 0 bridgehead atoms. The van der Waals surface area contributed by atoms with Crippen molar-refractivity contribution in [1.82, 2.24) is 9.13 Å². The lowest BCUT2D eigenvalue weighted by Gasteiger charge is -2.26. The van der Waals surface area contributed by atoms with E-state index in [4.69, 9.17) is 9.47 Å². The zero-order valence-corrected chi connectivity index (χ0v) is 23.3. The highest BCUT2D eigenvalue weighted by molar-refractivity contribution is 7.18. The summed E-state index contributed by atoms with van der Waals surface area (Å²) in [5.41, 5.74) is -1.44. The van der Waals surface area contributed by atoms with E-state index in [1.54, 1.807) is 19.1 Å². The monoisotopic (exact) mass is 554 g/mol. The van der Waals surface area contributed by atoms with Gasteiger partial charge in [0.05, 0.1) is 19.0 Å². The predicted octanol–water partition coefficient (Wildman–Crippen LogP) is 4.46. The van der Waals surface area contributed by atoms with Crippen LogP contribution in [-0.4, -0.2) is 27.3 Å². The van der Waals surface area contributed by atoms with Crippen LogP contribution in [0.4, 0.5) is 4.39 Å². The van der Waals surface area contributed by atoms with Crippen molar-refractivity contribution >= 4 is 27.5 Å². The van der Waals surface area contributed by atoms with E-state index in [9.17, 15) is 23.9 Å². The standard InChI is InChI=1S/C29H31FN2O6S/c1-6-23-17(2)24-25(34)32(29(3,4)27(35)38-16-18-10-8-7-9-11-18)28(36)31(26(24)39-23)15-21(33)20-14-19(30)12-13-22(20)37-5/h7-14,21,33H,6,15-16H2,1-5H3/t21-/m0/s1. The Bertz CT molecular complexity index is 1640. The van der Waals surface area contributed by atoms with E-state index in [0.29, 0.717) is 22.2 Å². The van der Waals surface area contributed by atoms with Gasteiger partial charge < -0.3 is 14.6 Å². The molecule has 8 nitrogen and oxygen atoms in total. The lowest BCUT2D eigenvalue weighted by atomic mass is 10.0. The van der Waals surface area contributed by atoms with Gasteiger partial charge in [-0.3, -0.25) is 9.36 Å². The van der Waals surface area contributed by atoms with Crippen LogP contribution in [-0.2, 0) is 34.6 Å². The highest BCUT2D eigenvalue weighted by Crippen LogP contribution is 2.32. The van der Waals surface area contributed by atoms with Gasteiger partial charge in [-0.15, -0.1) is 11.3 Å². The van der Waals surface area contributed by atoms with Crippen molar-refractivity contribution in [1.29, 1.82) is 0 Å². The number of thiophene rings is 1. The molecule has 0 aliphatic heterocycles. The Morgan fingerprint density at radius 1 is 1.15 bits per heavy atom. The number of rotatable bonds is 9. The van der Waals surface area contributed by atoms with Gasteiger partial charge in [0, 0.05) is 10.4 Å². The fraction of sp³-hybridized carbons (Fsp3) is 0.345. The molecule has 0 aliphatic carbocycles. The predicted molar refractivity (Wildman–Crippen MR) is 148 cm³/mol. The number of aryl methyl sites for hydroxylation is 2. The molecule has 0 saturated heterocycles. The molecule has 39 heavy (non-hydrogen) atoms. The quantitative estimate of drug-likeness (QED) is 0.307. The number of benzene rings is 2. The van der Waals surface area contributed by atoms with Crippen molar-refractivity contribution in [3.63, 3.8) is 0 Å². The van der Waals surface area contributed by atoms with Crippen molar-refractivity contribution in [2.75, 3.05) is 7.11 Å². The van der Waals surface area contributed by atoms with Crippen molar-refractivity contribution < 1.29 is 23.8 Å². The summed E-state index contributed by atoms with van der Waals surface area (Å²) in [6, 6.07) is 12.8. The van der Waals surface area contributed by atoms with Gasteiger partial charge in [0.2, 0.25) is 0 Å². The summed E-state index contributed by atoms with van der Waals surface area (Å²) < 4.78 is 27.0. The average Bonchev–Trinajstić information content (AvgIpc) is 3.26. The molecule has 4 aromatic rings. The minimum Gasteiger partial charge on any atom is -0.496 e. The zero-order valence-electron chi connectivity index (χ0n) is 22.5. The van der Waals surface area contributed by atoms with Gasteiger partial charge >= 0.3 is 11.7 Å². The van der Waals surface area contributed by atoms with E-state index >= 15 is 0 Å². The fourth-order valence-electron chi connectivity index (χ4n) is 4.61. The lowest BCUT2D eigenvalue weighted by molar-refractivity contribution is -0.154. The zero-order chi connectivity index (χ0) is 28.5. The first-order valence-corrected chi connectivity index (χ1v) is 13.3. The fourth-order valence-corrected chi connectivity index (χ4v) is 5.85. The molecule has 4 rings (SSSR count). The first-order valence-electron chi connectivity index (χ1n) is 12.5. The maximum absolute atomic E-state index is 14.0. The number of ether oxygens (including phenoxy) is 2.